The molecule has 27 heavy (non-hydrogen) atoms. The topological polar surface area (TPSA) is 66.9 Å². The number of nitrogens with zero attached hydrogens (tertiary/aromatic N) is 2. The van der Waals surface area contributed by atoms with E-state index in [-0.39, 0.29) is 18.3 Å². The van der Waals surface area contributed by atoms with Crippen molar-refractivity contribution in [3.05, 3.63) is 88.5 Å². The van der Waals surface area contributed by atoms with Gasteiger partial charge in [0.15, 0.2) is 0 Å². The lowest BCUT2D eigenvalue weighted by atomic mass is 10.1. The van der Waals surface area contributed by atoms with E-state index in [2.05, 4.69) is 20.6 Å². The molecule has 0 bridgehead atoms. The van der Waals surface area contributed by atoms with Gasteiger partial charge in [0, 0.05) is 36.1 Å². The highest BCUT2D eigenvalue weighted by Crippen LogP contribution is 2.11. The van der Waals surface area contributed by atoms with Crippen molar-refractivity contribution < 1.29 is 9.18 Å². The Morgan fingerprint density at radius 1 is 1.07 bits per heavy atom. The van der Waals surface area contributed by atoms with Crippen molar-refractivity contribution in [2.24, 2.45) is 0 Å². The van der Waals surface area contributed by atoms with Gasteiger partial charge in [-0.1, -0.05) is 41.9 Å². The predicted molar refractivity (Wildman–Crippen MR) is 103 cm³/mol. The second-order valence-corrected chi connectivity index (χ2v) is 6.31. The van der Waals surface area contributed by atoms with Crippen LogP contribution in [-0.4, -0.2) is 22.4 Å². The first-order valence-electron chi connectivity index (χ1n) is 8.44. The number of nitrogens with one attached hydrogen (secondary N) is 2. The molecule has 0 aliphatic heterocycles. The van der Waals surface area contributed by atoms with Crippen molar-refractivity contribution in [3.63, 3.8) is 0 Å². The molecule has 2 N–H and O–H groups in total. The number of amides is 1. The molecule has 0 fully saturated rings. The van der Waals surface area contributed by atoms with Crippen LogP contribution in [0.5, 0.6) is 0 Å². The molecule has 0 aliphatic carbocycles. The van der Waals surface area contributed by atoms with Crippen LogP contribution in [0.3, 0.4) is 0 Å². The number of anilines is 1. The first-order chi connectivity index (χ1) is 13.1. The van der Waals surface area contributed by atoms with Gasteiger partial charge in [-0.2, -0.15) is 0 Å². The van der Waals surface area contributed by atoms with Crippen molar-refractivity contribution in [1.29, 1.82) is 0 Å². The SMILES string of the molecule is O=C(NCCc1cccc(Cl)c1)c1cnc(NCc2ccccc2F)nc1. The number of carbonyl (C=O) groups excluding carboxylic acids is 1. The zero-order valence-corrected chi connectivity index (χ0v) is 15.2. The maximum absolute atomic E-state index is 13.6. The average molecular weight is 385 g/mol. The number of carbonyl (C=O) groups is 1. The Balaban J connectivity index is 1.49. The summed E-state index contributed by atoms with van der Waals surface area (Å²) in [7, 11) is 0. The lowest BCUT2D eigenvalue weighted by molar-refractivity contribution is 0.0953. The fourth-order valence-electron chi connectivity index (χ4n) is 2.47. The minimum atomic E-state index is -0.291. The van der Waals surface area contributed by atoms with Crippen LogP contribution in [0, 0.1) is 5.82 Å². The fourth-order valence-corrected chi connectivity index (χ4v) is 2.68. The lowest BCUT2D eigenvalue weighted by Gasteiger charge is -2.07. The van der Waals surface area contributed by atoms with Gasteiger partial charge in [0.25, 0.3) is 5.91 Å². The highest BCUT2D eigenvalue weighted by atomic mass is 35.5. The largest absolute Gasteiger partial charge is 0.352 e. The van der Waals surface area contributed by atoms with Gasteiger partial charge in [-0.05, 0) is 30.2 Å². The summed E-state index contributed by atoms with van der Waals surface area (Å²) in [6.45, 7) is 0.740. The summed E-state index contributed by atoms with van der Waals surface area (Å²) >= 11 is 5.94. The van der Waals surface area contributed by atoms with Gasteiger partial charge in [0.05, 0.1) is 5.56 Å². The zero-order chi connectivity index (χ0) is 19.1. The number of hydrogen-bond donors (Lipinski definition) is 2. The van der Waals surface area contributed by atoms with Gasteiger partial charge in [-0.3, -0.25) is 4.79 Å². The molecule has 3 rings (SSSR count). The number of aromatic nitrogens is 2. The first-order valence-corrected chi connectivity index (χ1v) is 8.81. The number of halogens is 2. The Bertz CT molecular complexity index is 918. The Hall–Kier alpha value is -2.99. The van der Waals surface area contributed by atoms with Crippen molar-refractivity contribution >= 4 is 23.5 Å². The average Bonchev–Trinajstić information content (AvgIpc) is 2.68. The van der Waals surface area contributed by atoms with Crippen molar-refractivity contribution in [2.75, 3.05) is 11.9 Å². The highest BCUT2D eigenvalue weighted by Gasteiger charge is 2.07. The third kappa shape index (κ3) is 5.49. The van der Waals surface area contributed by atoms with Crippen molar-refractivity contribution in [1.82, 2.24) is 15.3 Å². The minimum Gasteiger partial charge on any atom is -0.352 e. The zero-order valence-electron chi connectivity index (χ0n) is 14.5. The molecule has 2 aromatic carbocycles. The van der Waals surface area contributed by atoms with E-state index in [1.165, 1.54) is 18.5 Å². The molecule has 0 aliphatic rings. The van der Waals surface area contributed by atoms with Crippen LogP contribution >= 0.6 is 11.6 Å². The monoisotopic (exact) mass is 384 g/mol. The van der Waals surface area contributed by atoms with Crippen molar-refractivity contribution in [3.8, 4) is 0 Å². The molecule has 0 saturated carbocycles. The molecular formula is C20H18ClFN4O. The smallest absolute Gasteiger partial charge is 0.254 e. The molecule has 0 radical (unpaired) electrons. The summed E-state index contributed by atoms with van der Waals surface area (Å²) in [6.07, 6.45) is 3.55. The molecule has 3 aromatic rings. The Morgan fingerprint density at radius 3 is 2.59 bits per heavy atom. The maximum Gasteiger partial charge on any atom is 0.254 e. The van der Waals surface area contributed by atoms with E-state index in [1.54, 1.807) is 18.2 Å². The van der Waals surface area contributed by atoms with Gasteiger partial charge in [0.1, 0.15) is 5.82 Å². The third-order valence-corrected chi connectivity index (χ3v) is 4.13. The van der Waals surface area contributed by atoms with Crippen LogP contribution in [0.25, 0.3) is 0 Å². The van der Waals surface area contributed by atoms with Crippen LogP contribution in [0.1, 0.15) is 21.5 Å². The van der Waals surface area contributed by atoms with Gasteiger partial charge in [-0.25, -0.2) is 14.4 Å². The number of rotatable bonds is 7. The molecule has 1 amide bonds. The minimum absolute atomic E-state index is 0.252. The second-order valence-electron chi connectivity index (χ2n) is 5.88. The summed E-state index contributed by atoms with van der Waals surface area (Å²) in [5, 5.41) is 6.42. The van der Waals surface area contributed by atoms with E-state index in [1.807, 2.05) is 24.3 Å². The molecule has 1 heterocycles. The quantitative estimate of drug-likeness (QED) is 0.649. The van der Waals surface area contributed by atoms with E-state index < -0.39 is 0 Å². The van der Waals surface area contributed by atoms with E-state index in [0.717, 1.165) is 5.56 Å². The first kappa shape index (κ1) is 18.8. The van der Waals surface area contributed by atoms with Crippen LogP contribution in [0.2, 0.25) is 5.02 Å². The van der Waals surface area contributed by atoms with E-state index in [9.17, 15) is 9.18 Å². The van der Waals surface area contributed by atoms with Gasteiger partial charge in [0.2, 0.25) is 5.95 Å². The summed E-state index contributed by atoms with van der Waals surface area (Å²) in [4.78, 5) is 20.3. The standard InChI is InChI=1S/C20H18ClFN4O/c21-17-6-3-4-14(10-17)8-9-23-19(27)16-12-25-20(26-13-16)24-11-15-5-1-2-7-18(15)22/h1-7,10,12-13H,8-9,11H2,(H,23,27)(H,24,25,26). The molecule has 0 atom stereocenters. The molecule has 7 heteroatoms. The Labute approximate surface area is 161 Å². The number of hydrogen-bond acceptors (Lipinski definition) is 4. The Kier molecular flexibility index (Phi) is 6.33. The molecule has 0 saturated heterocycles. The molecule has 5 nitrogen and oxygen atoms in total. The predicted octanol–water partition coefficient (Wildman–Crippen LogP) is 3.85. The molecule has 138 valence electrons. The second kappa shape index (κ2) is 9.09. The highest BCUT2D eigenvalue weighted by molar-refractivity contribution is 6.30. The van der Waals surface area contributed by atoms with Crippen LogP contribution in [0.4, 0.5) is 10.3 Å². The Morgan fingerprint density at radius 2 is 1.85 bits per heavy atom. The molecule has 1 aromatic heterocycles. The summed E-state index contributed by atoms with van der Waals surface area (Å²) in [5.41, 5.74) is 1.92. The van der Waals surface area contributed by atoms with Gasteiger partial charge >= 0.3 is 0 Å². The third-order valence-electron chi connectivity index (χ3n) is 3.90. The van der Waals surface area contributed by atoms with Crippen LogP contribution < -0.4 is 10.6 Å². The van der Waals surface area contributed by atoms with Crippen LogP contribution in [0.15, 0.2) is 60.9 Å². The molecule has 0 unspecified atom stereocenters. The maximum atomic E-state index is 13.6. The van der Waals surface area contributed by atoms with Crippen LogP contribution in [-0.2, 0) is 13.0 Å². The molecular weight excluding hydrogens is 367 g/mol. The van der Waals surface area contributed by atoms with E-state index >= 15 is 0 Å². The molecule has 0 spiro atoms. The lowest BCUT2D eigenvalue weighted by Crippen LogP contribution is -2.26. The van der Waals surface area contributed by atoms with Crippen molar-refractivity contribution in [2.45, 2.75) is 13.0 Å². The summed E-state index contributed by atoms with van der Waals surface area (Å²) in [5.74, 6) is -0.216. The summed E-state index contributed by atoms with van der Waals surface area (Å²) in [6, 6.07) is 14.0. The normalized spacial score (nSPS) is 10.4. The number of benzene rings is 2. The fraction of sp³-hybridized carbons (Fsp3) is 0.150. The van der Waals surface area contributed by atoms with E-state index in [4.69, 9.17) is 11.6 Å². The van der Waals surface area contributed by atoms with Gasteiger partial charge in [-0.15, -0.1) is 0 Å². The van der Waals surface area contributed by atoms with Gasteiger partial charge < -0.3 is 10.6 Å². The van der Waals surface area contributed by atoms with E-state index in [0.29, 0.717) is 35.1 Å². The summed E-state index contributed by atoms with van der Waals surface area (Å²) < 4.78 is 13.6.